The number of fused-ring (bicyclic) bond motifs is 1. The maximum atomic E-state index is 12.4. The number of aromatic amines is 1. The van der Waals surface area contributed by atoms with Gasteiger partial charge in [0.1, 0.15) is 5.56 Å². The number of carbonyl (C=O) groups is 1. The molecule has 4 rings (SSSR count). The average molecular weight is 396 g/mol. The van der Waals surface area contributed by atoms with Crippen LogP contribution < -0.4 is 16.4 Å². The van der Waals surface area contributed by atoms with E-state index < -0.39 is 5.97 Å². The molecule has 1 saturated heterocycles. The summed E-state index contributed by atoms with van der Waals surface area (Å²) in [6.45, 7) is 2.45. The van der Waals surface area contributed by atoms with Gasteiger partial charge in [0.2, 0.25) is 0 Å². The zero-order valence-electron chi connectivity index (χ0n) is 16.4. The average Bonchev–Trinajstić information content (AvgIpc) is 3.37. The lowest BCUT2D eigenvalue weighted by Crippen LogP contribution is -2.42. The summed E-state index contributed by atoms with van der Waals surface area (Å²) in [6.07, 6.45) is 2.40. The summed E-state index contributed by atoms with van der Waals surface area (Å²) < 4.78 is 6.29. The van der Waals surface area contributed by atoms with E-state index in [1.807, 2.05) is 25.2 Å². The van der Waals surface area contributed by atoms with Crippen molar-refractivity contribution in [1.29, 1.82) is 0 Å². The fourth-order valence-electron chi connectivity index (χ4n) is 3.57. The second kappa shape index (κ2) is 8.16. The van der Waals surface area contributed by atoms with Crippen LogP contribution in [0.15, 0.2) is 47.4 Å². The Morgan fingerprint density at radius 2 is 2.10 bits per heavy atom. The first-order valence-electron chi connectivity index (χ1n) is 9.60. The van der Waals surface area contributed by atoms with Gasteiger partial charge in [0.25, 0.3) is 5.56 Å². The van der Waals surface area contributed by atoms with E-state index in [0.29, 0.717) is 12.2 Å². The van der Waals surface area contributed by atoms with Crippen LogP contribution in [-0.2, 0) is 11.3 Å². The zero-order valence-corrected chi connectivity index (χ0v) is 16.4. The Bertz CT molecular complexity index is 1060. The predicted octanol–water partition coefficient (Wildman–Crippen LogP) is 1.20. The number of hydrogen-bond acceptors (Lipinski definition) is 7. The zero-order chi connectivity index (χ0) is 20.4. The molecule has 0 radical (unpaired) electrons. The number of H-pyrrole nitrogens is 1. The standard InChI is InChI=1S/C20H24N6O3/c1-3-29-20(28)15-11-21-26-18(27)9-14(22-19(15)26)12-25(2)17-10-16(23-24-17)13-7-5-4-6-8-13/h4-9,11,16-17,21,23-24H,3,10,12H2,1-2H3. The van der Waals surface area contributed by atoms with Gasteiger partial charge in [-0.2, -0.15) is 0 Å². The van der Waals surface area contributed by atoms with E-state index in [-0.39, 0.29) is 35.6 Å². The van der Waals surface area contributed by atoms with Gasteiger partial charge < -0.3 is 4.74 Å². The Hall–Kier alpha value is -3.01. The summed E-state index contributed by atoms with van der Waals surface area (Å²) in [5.41, 5.74) is 8.69. The maximum absolute atomic E-state index is 12.4. The number of aromatic nitrogens is 3. The minimum atomic E-state index is -0.504. The highest BCUT2D eigenvalue weighted by molar-refractivity contribution is 5.95. The van der Waals surface area contributed by atoms with E-state index in [9.17, 15) is 9.59 Å². The minimum absolute atomic E-state index is 0.0798. The Labute approximate surface area is 167 Å². The second-order valence-corrected chi connectivity index (χ2v) is 7.07. The molecular formula is C20H24N6O3. The summed E-state index contributed by atoms with van der Waals surface area (Å²) in [7, 11) is 1.97. The molecule has 2 unspecified atom stereocenters. The van der Waals surface area contributed by atoms with Crippen LogP contribution in [0.2, 0.25) is 0 Å². The van der Waals surface area contributed by atoms with Gasteiger partial charge in [0, 0.05) is 24.8 Å². The summed E-state index contributed by atoms with van der Waals surface area (Å²) in [5.74, 6) is -0.504. The Balaban J connectivity index is 1.51. The lowest BCUT2D eigenvalue weighted by molar-refractivity contribution is 0.0528. The molecule has 0 bridgehead atoms. The molecule has 152 valence electrons. The number of hydrogen-bond donors (Lipinski definition) is 3. The molecule has 2 atom stereocenters. The third kappa shape index (κ3) is 3.93. The number of nitrogens with zero attached hydrogens (tertiary/aromatic N) is 3. The highest BCUT2D eigenvalue weighted by Gasteiger charge is 2.28. The van der Waals surface area contributed by atoms with Crippen LogP contribution in [0, 0.1) is 0 Å². The number of rotatable bonds is 6. The fourth-order valence-corrected chi connectivity index (χ4v) is 3.57. The Morgan fingerprint density at radius 3 is 2.86 bits per heavy atom. The van der Waals surface area contributed by atoms with Crippen LogP contribution in [0.5, 0.6) is 0 Å². The van der Waals surface area contributed by atoms with Gasteiger partial charge in [-0.25, -0.2) is 25.1 Å². The van der Waals surface area contributed by atoms with Gasteiger partial charge in [-0.1, -0.05) is 30.3 Å². The smallest absolute Gasteiger partial charge is 0.343 e. The summed E-state index contributed by atoms with van der Waals surface area (Å²) in [5, 5.41) is 2.76. The van der Waals surface area contributed by atoms with Gasteiger partial charge in [-0.05, 0) is 26.0 Å². The van der Waals surface area contributed by atoms with Gasteiger partial charge in [-0.15, -0.1) is 0 Å². The first-order chi connectivity index (χ1) is 14.1. The Kier molecular flexibility index (Phi) is 5.43. The van der Waals surface area contributed by atoms with Crippen molar-refractivity contribution in [2.75, 3.05) is 13.7 Å². The van der Waals surface area contributed by atoms with E-state index >= 15 is 0 Å². The topological polar surface area (TPSA) is 104 Å². The van der Waals surface area contributed by atoms with Crippen LogP contribution in [0.1, 0.15) is 41.0 Å². The molecule has 1 fully saturated rings. The number of ether oxygens (including phenoxy) is 1. The summed E-state index contributed by atoms with van der Waals surface area (Å²) in [4.78, 5) is 31.2. The van der Waals surface area contributed by atoms with E-state index in [0.717, 1.165) is 6.42 Å². The predicted molar refractivity (Wildman–Crippen MR) is 107 cm³/mol. The van der Waals surface area contributed by atoms with Crippen molar-refractivity contribution >= 4 is 11.6 Å². The highest BCUT2D eigenvalue weighted by Crippen LogP contribution is 2.23. The van der Waals surface area contributed by atoms with Crippen molar-refractivity contribution in [3.8, 4) is 0 Å². The molecule has 0 amide bonds. The third-order valence-electron chi connectivity index (χ3n) is 5.07. The number of carbonyl (C=O) groups excluding carboxylic acids is 1. The molecule has 0 spiro atoms. The van der Waals surface area contributed by atoms with Crippen LogP contribution in [0.4, 0.5) is 0 Å². The maximum Gasteiger partial charge on any atom is 0.343 e. The first-order valence-corrected chi connectivity index (χ1v) is 9.60. The summed E-state index contributed by atoms with van der Waals surface area (Å²) in [6, 6.07) is 11.9. The molecule has 3 aromatic rings. The normalized spacial score (nSPS) is 19.1. The van der Waals surface area contributed by atoms with E-state index in [1.165, 1.54) is 22.3 Å². The lowest BCUT2D eigenvalue weighted by atomic mass is 10.0. The van der Waals surface area contributed by atoms with Crippen LogP contribution in [0.25, 0.3) is 5.65 Å². The fraction of sp³-hybridized carbons (Fsp3) is 0.350. The SMILES string of the molecule is CCOC(=O)c1c[nH]n2c(=O)cc(CN(C)C3CC(c4ccccc4)NN3)nc12. The first kappa shape index (κ1) is 19.3. The van der Waals surface area contributed by atoms with Crippen LogP contribution in [0.3, 0.4) is 0 Å². The second-order valence-electron chi connectivity index (χ2n) is 7.07. The Morgan fingerprint density at radius 1 is 1.31 bits per heavy atom. The molecule has 3 N–H and O–H groups in total. The van der Waals surface area contributed by atoms with Crippen molar-refractivity contribution in [3.05, 3.63) is 69.8 Å². The molecule has 29 heavy (non-hydrogen) atoms. The van der Waals surface area contributed by atoms with Gasteiger partial charge in [0.05, 0.1) is 18.5 Å². The van der Waals surface area contributed by atoms with Crippen molar-refractivity contribution in [2.24, 2.45) is 0 Å². The quantitative estimate of drug-likeness (QED) is 0.538. The molecular weight excluding hydrogens is 372 g/mol. The van der Waals surface area contributed by atoms with E-state index in [4.69, 9.17) is 4.74 Å². The van der Waals surface area contributed by atoms with Gasteiger partial charge in [-0.3, -0.25) is 14.8 Å². The number of nitrogens with one attached hydrogen (secondary N) is 3. The molecule has 1 aliphatic rings. The van der Waals surface area contributed by atoms with Crippen molar-refractivity contribution in [3.63, 3.8) is 0 Å². The largest absolute Gasteiger partial charge is 0.462 e. The van der Waals surface area contributed by atoms with Crippen LogP contribution >= 0.6 is 0 Å². The van der Waals surface area contributed by atoms with Gasteiger partial charge in [0.15, 0.2) is 5.65 Å². The van der Waals surface area contributed by atoms with Gasteiger partial charge >= 0.3 is 5.97 Å². The molecule has 9 heteroatoms. The lowest BCUT2D eigenvalue weighted by Gasteiger charge is -2.23. The molecule has 0 aliphatic carbocycles. The molecule has 0 saturated carbocycles. The molecule has 9 nitrogen and oxygen atoms in total. The number of esters is 1. The molecule has 1 aromatic carbocycles. The monoisotopic (exact) mass is 396 g/mol. The van der Waals surface area contributed by atoms with Crippen LogP contribution in [-0.4, -0.2) is 45.3 Å². The number of hydrazine groups is 1. The third-order valence-corrected chi connectivity index (χ3v) is 5.07. The summed E-state index contributed by atoms with van der Waals surface area (Å²) >= 11 is 0. The molecule has 3 heterocycles. The van der Waals surface area contributed by atoms with E-state index in [2.05, 4.69) is 38.0 Å². The number of benzene rings is 1. The molecule has 2 aromatic heterocycles. The van der Waals surface area contributed by atoms with Crippen molar-refractivity contribution in [1.82, 2.24) is 30.3 Å². The van der Waals surface area contributed by atoms with E-state index in [1.54, 1.807) is 6.92 Å². The van der Waals surface area contributed by atoms with Crippen molar-refractivity contribution < 1.29 is 9.53 Å². The van der Waals surface area contributed by atoms with Crippen molar-refractivity contribution in [2.45, 2.75) is 32.1 Å². The minimum Gasteiger partial charge on any atom is -0.462 e. The highest BCUT2D eigenvalue weighted by atomic mass is 16.5. The molecule has 1 aliphatic heterocycles.